The molecule has 1 aromatic heterocycles. The number of alkyl halides is 3. The summed E-state index contributed by atoms with van der Waals surface area (Å²) in [5.41, 5.74) is 0.463. The topological polar surface area (TPSA) is 82.4 Å². The zero-order valence-electron chi connectivity index (χ0n) is 19.0. The summed E-state index contributed by atoms with van der Waals surface area (Å²) >= 11 is 7.24. The van der Waals surface area contributed by atoms with Gasteiger partial charge in [-0.1, -0.05) is 35.9 Å². The molecular weight excluding hydrogens is 535 g/mol. The SMILES string of the molecule is CN1CC[C@@H](Oc2cc(NS(=O)(=O)c3cc(Cl)c(-c4ccc(CC#N)cc4)s3)ccc2C(F)(F)F)C1. The van der Waals surface area contributed by atoms with Gasteiger partial charge in [-0.2, -0.15) is 18.4 Å². The van der Waals surface area contributed by atoms with E-state index in [2.05, 4.69) is 10.8 Å². The Morgan fingerprint density at radius 3 is 2.56 bits per heavy atom. The lowest BCUT2D eigenvalue weighted by Crippen LogP contribution is -2.23. The number of thiophene rings is 1. The van der Waals surface area contributed by atoms with Gasteiger partial charge >= 0.3 is 6.18 Å². The Bertz CT molecular complexity index is 1400. The summed E-state index contributed by atoms with van der Waals surface area (Å²) in [6.45, 7) is 1.17. The third-order valence-electron chi connectivity index (χ3n) is 5.61. The predicted molar refractivity (Wildman–Crippen MR) is 133 cm³/mol. The summed E-state index contributed by atoms with van der Waals surface area (Å²) in [5, 5.41) is 9.03. The van der Waals surface area contributed by atoms with E-state index < -0.39 is 33.6 Å². The lowest BCUT2D eigenvalue weighted by Gasteiger charge is -2.19. The fourth-order valence-electron chi connectivity index (χ4n) is 3.84. The van der Waals surface area contributed by atoms with Crippen molar-refractivity contribution in [2.75, 3.05) is 24.9 Å². The molecule has 190 valence electrons. The van der Waals surface area contributed by atoms with Gasteiger partial charge in [0, 0.05) is 19.2 Å². The summed E-state index contributed by atoms with van der Waals surface area (Å²) in [5.74, 6) is -0.426. The van der Waals surface area contributed by atoms with E-state index in [-0.39, 0.29) is 21.3 Å². The van der Waals surface area contributed by atoms with Crippen molar-refractivity contribution in [3.8, 4) is 22.3 Å². The lowest BCUT2D eigenvalue weighted by atomic mass is 10.1. The van der Waals surface area contributed by atoms with Crippen molar-refractivity contribution in [3.63, 3.8) is 0 Å². The number of anilines is 1. The summed E-state index contributed by atoms with van der Waals surface area (Å²) in [6, 6.07) is 13.3. The fraction of sp³-hybridized carbons (Fsp3) is 0.292. The van der Waals surface area contributed by atoms with Gasteiger partial charge in [0.05, 0.1) is 33.6 Å². The van der Waals surface area contributed by atoms with Crippen LogP contribution in [0, 0.1) is 11.3 Å². The van der Waals surface area contributed by atoms with E-state index in [1.807, 2.05) is 11.9 Å². The van der Waals surface area contributed by atoms with Crippen LogP contribution in [-0.2, 0) is 22.6 Å². The van der Waals surface area contributed by atoms with E-state index in [1.54, 1.807) is 24.3 Å². The lowest BCUT2D eigenvalue weighted by molar-refractivity contribution is -0.139. The molecule has 12 heteroatoms. The monoisotopic (exact) mass is 555 g/mol. The molecule has 0 saturated carbocycles. The second-order valence-corrected chi connectivity index (χ2v) is 11.7. The van der Waals surface area contributed by atoms with E-state index >= 15 is 0 Å². The predicted octanol–water partition coefficient (Wildman–Crippen LogP) is 6.04. The Labute approximate surface area is 215 Å². The number of nitriles is 1. The molecule has 0 bridgehead atoms. The molecule has 1 fully saturated rings. The van der Waals surface area contributed by atoms with Crippen molar-refractivity contribution in [2.45, 2.75) is 29.3 Å². The molecule has 1 N–H and O–H groups in total. The van der Waals surface area contributed by atoms with Gasteiger partial charge in [0.25, 0.3) is 10.0 Å². The number of sulfonamides is 1. The molecule has 2 aromatic carbocycles. The number of rotatable bonds is 7. The highest BCUT2D eigenvalue weighted by Gasteiger charge is 2.36. The first-order chi connectivity index (χ1) is 17.0. The van der Waals surface area contributed by atoms with E-state index in [4.69, 9.17) is 21.6 Å². The van der Waals surface area contributed by atoms with Gasteiger partial charge in [0.2, 0.25) is 0 Å². The van der Waals surface area contributed by atoms with Crippen LogP contribution < -0.4 is 9.46 Å². The van der Waals surface area contributed by atoms with Crippen molar-refractivity contribution in [1.29, 1.82) is 5.26 Å². The molecule has 36 heavy (non-hydrogen) atoms. The van der Waals surface area contributed by atoms with Crippen LogP contribution in [0.3, 0.4) is 0 Å². The summed E-state index contributed by atoms with van der Waals surface area (Å²) in [7, 11) is -2.30. The van der Waals surface area contributed by atoms with Gasteiger partial charge in [-0.05, 0) is 42.8 Å². The maximum atomic E-state index is 13.6. The van der Waals surface area contributed by atoms with Gasteiger partial charge < -0.3 is 9.64 Å². The first-order valence-electron chi connectivity index (χ1n) is 10.8. The molecular formula is C24H21ClF3N3O3S2. The number of ether oxygens (including phenoxy) is 1. The van der Waals surface area contributed by atoms with E-state index in [9.17, 15) is 21.6 Å². The molecule has 3 aromatic rings. The minimum Gasteiger partial charge on any atom is -0.488 e. The van der Waals surface area contributed by atoms with E-state index in [1.165, 1.54) is 6.07 Å². The highest BCUT2D eigenvalue weighted by Crippen LogP contribution is 2.41. The van der Waals surface area contributed by atoms with Crippen LogP contribution in [0.4, 0.5) is 18.9 Å². The van der Waals surface area contributed by atoms with Crippen LogP contribution in [0.15, 0.2) is 52.7 Å². The van der Waals surface area contributed by atoms with Gasteiger partial charge in [-0.15, -0.1) is 11.3 Å². The molecule has 1 aliphatic rings. The Hall–Kier alpha value is -2.78. The standard InChI is InChI=1S/C24H21ClF3N3O3S2/c1-31-11-9-18(14-31)34-21-12-17(6-7-19(21)24(26,27)28)30-36(32,33)22-13-20(25)23(35-22)16-4-2-15(3-5-16)8-10-29/h2-7,12-13,18,30H,8-9,11,14H2,1H3/t18-/m1/s1. The molecule has 4 rings (SSSR count). The molecule has 1 saturated heterocycles. The minimum atomic E-state index is -4.66. The maximum Gasteiger partial charge on any atom is 0.419 e. The van der Waals surface area contributed by atoms with Crippen LogP contribution in [0.5, 0.6) is 5.75 Å². The van der Waals surface area contributed by atoms with Crippen molar-refractivity contribution in [1.82, 2.24) is 4.90 Å². The first-order valence-corrected chi connectivity index (χ1v) is 13.5. The third kappa shape index (κ3) is 5.95. The summed E-state index contributed by atoms with van der Waals surface area (Å²) < 4.78 is 74.6. The highest BCUT2D eigenvalue weighted by molar-refractivity contribution is 7.94. The van der Waals surface area contributed by atoms with Crippen molar-refractivity contribution in [3.05, 3.63) is 64.7 Å². The molecule has 0 amide bonds. The minimum absolute atomic E-state index is 0.0590. The molecule has 0 aliphatic carbocycles. The average molecular weight is 556 g/mol. The molecule has 1 aliphatic heterocycles. The Morgan fingerprint density at radius 2 is 1.94 bits per heavy atom. The number of nitrogens with one attached hydrogen (secondary N) is 1. The van der Waals surface area contributed by atoms with E-state index in [0.717, 1.165) is 35.1 Å². The molecule has 1 atom stereocenters. The molecule has 0 unspecified atom stereocenters. The Kier molecular flexibility index (Phi) is 7.52. The molecule has 0 spiro atoms. The second-order valence-electron chi connectivity index (χ2n) is 8.38. The Balaban J connectivity index is 1.60. The number of halogens is 4. The van der Waals surface area contributed by atoms with Crippen molar-refractivity contribution < 1.29 is 26.3 Å². The fourth-order valence-corrected chi connectivity index (χ4v) is 6.71. The number of hydrogen-bond donors (Lipinski definition) is 1. The maximum absolute atomic E-state index is 13.6. The molecule has 0 radical (unpaired) electrons. The highest BCUT2D eigenvalue weighted by atomic mass is 35.5. The smallest absolute Gasteiger partial charge is 0.419 e. The Morgan fingerprint density at radius 1 is 1.22 bits per heavy atom. The molecule has 6 nitrogen and oxygen atoms in total. The summed E-state index contributed by atoms with van der Waals surface area (Å²) in [6.07, 6.45) is -4.27. The number of nitrogens with zero attached hydrogens (tertiary/aromatic N) is 2. The largest absolute Gasteiger partial charge is 0.488 e. The van der Waals surface area contributed by atoms with Gasteiger partial charge in [-0.3, -0.25) is 4.72 Å². The second kappa shape index (κ2) is 10.3. The zero-order valence-corrected chi connectivity index (χ0v) is 21.4. The zero-order chi connectivity index (χ0) is 26.1. The quantitative estimate of drug-likeness (QED) is 0.384. The first kappa shape index (κ1) is 26.3. The van der Waals surface area contributed by atoms with Crippen LogP contribution >= 0.6 is 22.9 Å². The van der Waals surface area contributed by atoms with E-state index in [0.29, 0.717) is 30.0 Å². The van der Waals surface area contributed by atoms with Crippen LogP contribution in [0.25, 0.3) is 10.4 Å². The molecule has 2 heterocycles. The number of hydrogen-bond acceptors (Lipinski definition) is 6. The van der Waals surface area contributed by atoms with Crippen molar-refractivity contribution in [2.24, 2.45) is 0 Å². The number of benzene rings is 2. The average Bonchev–Trinajstić information content (AvgIpc) is 3.39. The normalized spacial score (nSPS) is 16.6. The number of likely N-dealkylation sites (N-methyl/N-ethyl adjacent to an activating group) is 1. The summed E-state index contributed by atoms with van der Waals surface area (Å²) in [4.78, 5) is 2.46. The number of likely N-dealkylation sites (tertiary alicyclic amines) is 1. The van der Waals surface area contributed by atoms with Crippen LogP contribution in [0.1, 0.15) is 17.5 Å². The van der Waals surface area contributed by atoms with Crippen LogP contribution in [0.2, 0.25) is 5.02 Å². The van der Waals surface area contributed by atoms with Crippen molar-refractivity contribution >= 4 is 38.6 Å². The van der Waals surface area contributed by atoms with Gasteiger partial charge in [0.15, 0.2) is 0 Å². The van der Waals surface area contributed by atoms with Gasteiger partial charge in [0.1, 0.15) is 16.1 Å². The van der Waals surface area contributed by atoms with Gasteiger partial charge in [-0.25, -0.2) is 8.42 Å². The van der Waals surface area contributed by atoms with Crippen LogP contribution in [-0.4, -0.2) is 39.6 Å². The third-order valence-corrected chi connectivity index (χ3v) is 9.06.